The fourth-order valence-corrected chi connectivity index (χ4v) is 3.29. The Labute approximate surface area is 134 Å². The summed E-state index contributed by atoms with van der Waals surface area (Å²) in [7, 11) is 1.51. The number of hydrogen-bond donors (Lipinski definition) is 2. The minimum absolute atomic E-state index is 0. The van der Waals surface area contributed by atoms with Gasteiger partial charge in [0.2, 0.25) is 0 Å². The Kier molecular flexibility index (Phi) is 6.79. The van der Waals surface area contributed by atoms with Gasteiger partial charge in [-0.3, -0.25) is 4.79 Å². The normalized spacial score (nSPS) is 15.3. The van der Waals surface area contributed by atoms with Crippen molar-refractivity contribution in [1.82, 2.24) is 5.32 Å². The zero-order valence-corrected chi connectivity index (χ0v) is 13.5. The minimum atomic E-state index is -0.157. The number of carbonyl (C=O) groups excluding carboxylic acids is 1. The number of nitrogens with one attached hydrogen (secondary N) is 1. The number of nitrogens with two attached hydrogens (primary N) is 1. The number of hydrogen-bond acceptors (Lipinski definition) is 4. The maximum absolute atomic E-state index is 12.3. The van der Waals surface area contributed by atoms with Crippen LogP contribution in [-0.2, 0) is 0 Å². The first-order valence-electron chi connectivity index (χ1n) is 6.13. The van der Waals surface area contributed by atoms with Gasteiger partial charge in [-0.05, 0) is 30.4 Å². The van der Waals surface area contributed by atoms with Gasteiger partial charge in [0, 0.05) is 12.1 Å². The lowest BCUT2D eigenvalue weighted by molar-refractivity contribution is 0.0932. The van der Waals surface area contributed by atoms with Gasteiger partial charge in [-0.2, -0.15) is 11.8 Å². The van der Waals surface area contributed by atoms with E-state index in [2.05, 4.69) is 5.32 Å². The molecular weight excluding hydrogens is 319 g/mol. The van der Waals surface area contributed by atoms with Crippen molar-refractivity contribution in [2.24, 2.45) is 0 Å². The SMILES string of the molecule is COc1cc(N)c(Cl)cc1C(=O)NC1CCSCC1.Cl. The molecule has 0 saturated carbocycles. The highest BCUT2D eigenvalue weighted by Crippen LogP contribution is 2.29. The predicted octanol–water partition coefficient (Wildman–Crippen LogP) is 2.98. The van der Waals surface area contributed by atoms with Gasteiger partial charge in [-0.1, -0.05) is 11.6 Å². The van der Waals surface area contributed by atoms with Crippen LogP contribution in [0, 0.1) is 0 Å². The molecule has 7 heteroatoms. The maximum atomic E-state index is 12.3. The molecule has 0 aliphatic carbocycles. The number of methoxy groups -OCH3 is 1. The molecule has 1 aliphatic heterocycles. The number of nitrogen functional groups attached to an aromatic ring is 1. The van der Waals surface area contributed by atoms with E-state index in [4.69, 9.17) is 22.1 Å². The van der Waals surface area contributed by atoms with E-state index in [0.717, 1.165) is 24.3 Å². The zero-order valence-electron chi connectivity index (χ0n) is 11.1. The minimum Gasteiger partial charge on any atom is -0.496 e. The monoisotopic (exact) mass is 336 g/mol. The second-order valence-electron chi connectivity index (χ2n) is 4.43. The lowest BCUT2D eigenvalue weighted by Crippen LogP contribution is -2.37. The summed E-state index contributed by atoms with van der Waals surface area (Å²) in [5, 5.41) is 3.39. The van der Waals surface area contributed by atoms with Gasteiger partial charge >= 0.3 is 0 Å². The van der Waals surface area contributed by atoms with Crippen molar-refractivity contribution < 1.29 is 9.53 Å². The van der Waals surface area contributed by atoms with Crippen LogP contribution in [0.1, 0.15) is 23.2 Å². The molecule has 0 atom stereocenters. The van der Waals surface area contributed by atoms with Crippen molar-refractivity contribution in [1.29, 1.82) is 0 Å². The van der Waals surface area contributed by atoms with Crippen LogP contribution in [0.15, 0.2) is 12.1 Å². The molecule has 1 aromatic carbocycles. The van der Waals surface area contributed by atoms with E-state index in [1.807, 2.05) is 11.8 Å². The predicted molar refractivity (Wildman–Crippen MR) is 87.5 cm³/mol. The summed E-state index contributed by atoms with van der Waals surface area (Å²) in [6.45, 7) is 0. The van der Waals surface area contributed by atoms with Gasteiger partial charge < -0.3 is 15.8 Å². The average Bonchev–Trinajstić information content (AvgIpc) is 2.42. The number of anilines is 1. The summed E-state index contributed by atoms with van der Waals surface area (Å²) in [4.78, 5) is 12.3. The van der Waals surface area contributed by atoms with Crippen LogP contribution >= 0.6 is 35.8 Å². The van der Waals surface area contributed by atoms with Crippen molar-refractivity contribution in [2.75, 3.05) is 24.3 Å². The van der Waals surface area contributed by atoms with Crippen molar-refractivity contribution in [3.8, 4) is 5.75 Å². The molecule has 3 N–H and O–H groups in total. The van der Waals surface area contributed by atoms with Gasteiger partial charge in [0.15, 0.2) is 0 Å². The summed E-state index contributed by atoms with van der Waals surface area (Å²) in [6.07, 6.45) is 2.00. The molecule has 0 radical (unpaired) electrons. The van der Waals surface area contributed by atoms with Crippen LogP contribution in [-0.4, -0.2) is 30.6 Å². The Hall–Kier alpha value is -0.780. The topological polar surface area (TPSA) is 64.3 Å². The molecule has 0 unspecified atom stereocenters. The van der Waals surface area contributed by atoms with E-state index in [1.54, 1.807) is 12.1 Å². The third kappa shape index (κ3) is 4.11. The second kappa shape index (κ2) is 7.86. The van der Waals surface area contributed by atoms with Crippen molar-refractivity contribution in [2.45, 2.75) is 18.9 Å². The quantitative estimate of drug-likeness (QED) is 0.833. The van der Waals surface area contributed by atoms with E-state index in [0.29, 0.717) is 22.0 Å². The van der Waals surface area contributed by atoms with Crippen LogP contribution < -0.4 is 15.8 Å². The molecule has 1 heterocycles. The maximum Gasteiger partial charge on any atom is 0.255 e. The molecule has 1 aromatic rings. The van der Waals surface area contributed by atoms with Crippen LogP contribution in [0.4, 0.5) is 5.69 Å². The van der Waals surface area contributed by atoms with E-state index in [-0.39, 0.29) is 24.4 Å². The number of halogens is 2. The smallest absolute Gasteiger partial charge is 0.255 e. The number of benzene rings is 1. The third-order valence-electron chi connectivity index (χ3n) is 3.12. The van der Waals surface area contributed by atoms with Gasteiger partial charge in [-0.15, -0.1) is 12.4 Å². The highest BCUT2D eigenvalue weighted by molar-refractivity contribution is 7.99. The molecule has 112 valence electrons. The summed E-state index contributed by atoms with van der Waals surface area (Å²) in [5.41, 5.74) is 6.54. The molecule has 0 bridgehead atoms. The van der Waals surface area contributed by atoms with Crippen LogP contribution in [0.25, 0.3) is 0 Å². The Morgan fingerprint density at radius 2 is 2.10 bits per heavy atom. The number of thioether (sulfide) groups is 1. The molecular formula is C13H18Cl2N2O2S. The highest BCUT2D eigenvalue weighted by atomic mass is 35.5. The average molecular weight is 337 g/mol. The number of rotatable bonds is 3. The van der Waals surface area contributed by atoms with Crippen LogP contribution in [0.3, 0.4) is 0 Å². The number of ether oxygens (including phenoxy) is 1. The van der Waals surface area contributed by atoms with Gasteiger partial charge in [0.05, 0.1) is 23.4 Å². The summed E-state index contributed by atoms with van der Waals surface area (Å²) in [6, 6.07) is 3.37. The van der Waals surface area contributed by atoms with E-state index < -0.39 is 0 Å². The van der Waals surface area contributed by atoms with Crippen LogP contribution in [0.2, 0.25) is 5.02 Å². The van der Waals surface area contributed by atoms with Crippen molar-refractivity contribution in [3.05, 3.63) is 22.7 Å². The number of amides is 1. The lowest BCUT2D eigenvalue weighted by Gasteiger charge is -2.23. The zero-order chi connectivity index (χ0) is 13.8. The van der Waals surface area contributed by atoms with Gasteiger partial charge in [0.25, 0.3) is 5.91 Å². The van der Waals surface area contributed by atoms with Gasteiger partial charge in [0.1, 0.15) is 5.75 Å². The van der Waals surface area contributed by atoms with Crippen LogP contribution in [0.5, 0.6) is 5.75 Å². The Morgan fingerprint density at radius 3 is 2.70 bits per heavy atom. The molecule has 1 amide bonds. The summed E-state index contributed by atoms with van der Waals surface area (Å²) < 4.78 is 5.19. The van der Waals surface area contributed by atoms with E-state index >= 15 is 0 Å². The summed E-state index contributed by atoms with van der Waals surface area (Å²) in [5.74, 6) is 2.47. The summed E-state index contributed by atoms with van der Waals surface area (Å²) >= 11 is 7.89. The molecule has 20 heavy (non-hydrogen) atoms. The molecule has 4 nitrogen and oxygen atoms in total. The standard InChI is InChI=1S/C13H17ClN2O2S.ClH/c1-18-12-7-11(15)10(14)6-9(12)13(17)16-8-2-4-19-5-3-8;/h6-8H,2-5,15H2,1H3,(H,16,17);1H. The third-order valence-corrected chi connectivity index (χ3v) is 4.50. The first-order valence-corrected chi connectivity index (χ1v) is 7.66. The molecule has 1 fully saturated rings. The molecule has 2 rings (SSSR count). The van der Waals surface area contributed by atoms with Gasteiger partial charge in [-0.25, -0.2) is 0 Å². The van der Waals surface area contributed by atoms with Crippen molar-refractivity contribution in [3.63, 3.8) is 0 Å². The molecule has 1 aliphatic rings. The van der Waals surface area contributed by atoms with Crippen molar-refractivity contribution >= 4 is 47.4 Å². The van der Waals surface area contributed by atoms with E-state index in [1.165, 1.54) is 7.11 Å². The molecule has 1 saturated heterocycles. The molecule has 0 aromatic heterocycles. The Balaban J connectivity index is 0.00000200. The Morgan fingerprint density at radius 1 is 1.45 bits per heavy atom. The van der Waals surface area contributed by atoms with E-state index in [9.17, 15) is 4.79 Å². The Bertz CT molecular complexity index is 480. The number of carbonyl (C=O) groups is 1. The first-order chi connectivity index (χ1) is 9.11. The first kappa shape index (κ1) is 17.3. The fourth-order valence-electron chi connectivity index (χ4n) is 2.02. The molecule has 0 spiro atoms. The fraction of sp³-hybridized carbons (Fsp3) is 0.462. The highest BCUT2D eigenvalue weighted by Gasteiger charge is 2.20. The largest absolute Gasteiger partial charge is 0.496 e. The lowest BCUT2D eigenvalue weighted by atomic mass is 10.1. The second-order valence-corrected chi connectivity index (χ2v) is 6.07.